The SMILES string of the molecule is Nc1ncnc2c(C3=CCCC3)cn(-c3ccc(O)cc3)c12. The maximum atomic E-state index is 9.48. The van der Waals surface area contributed by atoms with Gasteiger partial charge in [0.2, 0.25) is 0 Å². The summed E-state index contributed by atoms with van der Waals surface area (Å²) in [5.74, 6) is 0.700. The van der Waals surface area contributed by atoms with Crippen molar-refractivity contribution in [3.8, 4) is 11.4 Å². The monoisotopic (exact) mass is 292 g/mol. The van der Waals surface area contributed by atoms with E-state index in [2.05, 4.69) is 22.2 Å². The number of nitrogens with zero attached hydrogens (tertiary/aromatic N) is 3. The van der Waals surface area contributed by atoms with Gasteiger partial charge in [-0.3, -0.25) is 0 Å². The van der Waals surface area contributed by atoms with Crippen LogP contribution >= 0.6 is 0 Å². The number of nitrogen functional groups attached to an aromatic ring is 1. The number of rotatable bonds is 2. The Hall–Kier alpha value is -2.82. The van der Waals surface area contributed by atoms with Crippen molar-refractivity contribution >= 4 is 22.4 Å². The Labute approximate surface area is 127 Å². The number of phenols is 1. The maximum Gasteiger partial charge on any atom is 0.151 e. The normalized spacial score (nSPS) is 14.5. The number of aromatic hydroxyl groups is 1. The molecule has 1 aliphatic rings. The van der Waals surface area contributed by atoms with Crippen molar-refractivity contribution in [3.05, 3.63) is 48.4 Å². The van der Waals surface area contributed by atoms with Crippen molar-refractivity contribution < 1.29 is 5.11 Å². The van der Waals surface area contributed by atoms with Crippen molar-refractivity contribution in [2.45, 2.75) is 19.3 Å². The molecule has 0 spiro atoms. The van der Waals surface area contributed by atoms with Gasteiger partial charge in [0, 0.05) is 17.4 Å². The summed E-state index contributed by atoms with van der Waals surface area (Å²) in [4.78, 5) is 8.58. The van der Waals surface area contributed by atoms with Gasteiger partial charge >= 0.3 is 0 Å². The molecule has 0 saturated carbocycles. The lowest BCUT2D eigenvalue weighted by Crippen LogP contribution is -1.98. The molecule has 110 valence electrons. The molecule has 0 amide bonds. The Morgan fingerprint density at radius 1 is 1.14 bits per heavy atom. The molecular formula is C17H16N4O. The van der Waals surface area contributed by atoms with Crippen LogP contribution in [0.25, 0.3) is 22.3 Å². The third-order valence-corrected chi connectivity index (χ3v) is 4.12. The predicted octanol–water partition coefficient (Wildman–Crippen LogP) is 3.28. The molecule has 5 nitrogen and oxygen atoms in total. The molecule has 2 heterocycles. The number of aromatic nitrogens is 3. The molecule has 22 heavy (non-hydrogen) atoms. The Kier molecular flexibility index (Phi) is 2.85. The number of fused-ring (bicyclic) bond motifs is 1. The fraction of sp³-hybridized carbons (Fsp3) is 0.176. The van der Waals surface area contributed by atoms with Crippen LogP contribution in [0.1, 0.15) is 24.8 Å². The van der Waals surface area contributed by atoms with E-state index in [0.717, 1.165) is 35.1 Å². The summed E-state index contributed by atoms with van der Waals surface area (Å²) in [7, 11) is 0. The molecule has 1 aliphatic carbocycles. The highest BCUT2D eigenvalue weighted by Crippen LogP contribution is 2.35. The summed E-state index contributed by atoms with van der Waals surface area (Å²) in [6.45, 7) is 0. The standard InChI is InChI=1S/C17H16N4O/c18-17-16-15(19-10-20-17)14(11-3-1-2-4-11)9-21(16)12-5-7-13(22)8-6-12/h3,5-10,22H,1-2,4H2,(H2,18,19,20). The largest absolute Gasteiger partial charge is 0.508 e. The number of anilines is 1. The third kappa shape index (κ3) is 1.94. The van der Waals surface area contributed by atoms with Crippen LogP contribution in [-0.2, 0) is 0 Å². The van der Waals surface area contributed by atoms with Crippen molar-refractivity contribution in [1.82, 2.24) is 14.5 Å². The van der Waals surface area contributed by atoms with Gasteiger partial charge in [0.05, 0.1) is 0 Å². The molecule has 5 heteroatoms. The molecule has 0 radical (unpaired) electrons. The quantitative estimate of drug-likeness (QED) is 0.760. The minimum Gasteiger partial charge on any atom is -0.508 e. The molecule has 0 aliphatic heterocycles. The van der Waals surface area contributed by atoms with Crippen molar-refractivity contribution in [3.63, 3.8) is 0 Å². The molecule has 0 fully saturated rings. The van der Waals surface area contributed by atoms with E-state index in [4.69, 9.17) is 5.73 Å². The highest BCUT2D eigenvalue weighted by molar-refractivity contribution is 5.96. The van der Waals surface area contributed by atoms with E-state index in [-0.39, 0.29) is 5.75 Å². The van der Waals surface area contributed by atoms with Gasteiger partial charge in [-0.1, -0.05) is 6.08 Å². The summed E-state index contributed by atoms with van der Waals surface area (Å²) in [5.41, 5.74) is 11.2. The van der Waals surface area contributed by atoms with Crippen LogP contribution in [-0.4, -0.2) is 19.6 Å². The number of phenolic OH excluding ortho intramolecular Hbond substituents is 1. The Morgan fingerprint density at radius 3 is 2.68 bits per heavy atom. The zero-order valence-corrected chi connectivity index (χ0v) is 12.0. The minimum absolute atomic E-state index is 0.239. The van der Waals surface area contributed by atoms with Crippen molar-refractivity contribution in [2.75, 3.05) is 5.73 Å². The zero-order chi connectivity index (χ0) is 15.1. The Morgan fingerprint density at radius 2 is 1.95 bits per heavy atom. The van der Waals surface area contributed by atoms with Crippen LogP contribution < -0.4 is 5.73 Å². The number of benzene rings is 1. The van der Waals surface area contributed by atoms with Gasteiger partial charge in [-0.05, 0) is 49.1 Å². The fourth-order valence-electron chi connectivity index (χ4n) is 3.05. The highest BCUT2D eigenvalue weighted by Gasteiger charge is 2.18. The van der Waals surface area contributed by atoms with Crippen LogP contribution in [0.4, 0.5) is 5.82 Å². The highest BCUT2D eigenvalue weighted by atomic mass is 16.3. The van der Waals surface area contributed by atoms with E-state index in [0.29, 0.717) is 5.82 Å². The first-order valence-electron chi connectivity index (χ1n) is 7.34. The van der Waals surface area contributed by atoms with Crippen molar-refractivity contribution in [1.29, 1.82) is 0 Å². The zero-order valence-electron chi connectivity index (χ0n) is 12.0. The predicted molar refractivity (Wildman–Crippen MR) is 86.8 cm³/mol. The first-order chi connectivity index (χ1) is 10.7. The van der Waals surface area contributed by atoms with Gasteiger partial charge in [0.1, 0.15) is 23.1 Å². The maximum absolute atomic E-state index is 9.48. The molecule has 3 N–H and O–H groups in total. The van der Waals surface area contributed by atoms with E-state index in [1.807, 2.05) is 16.7 Å². The van der Waals surface area contributed by atoms with Gasteiger partial charge in [0.15, 0.2) is 5.82 Å². The molecule has 0 saturated heterocycles. The van der Waals surface area contributed by atoms with Gasteiger partial charge in [-0.2, -0.15) is 0 Å². The molecule has 4 rings (SSSR count). The van der Waals surface area contributed by atoms with Crippen LogP contribution in [0.2, 0.25) is 0 Å². The smallest absolute Gasteiger partial charge is 0.151 e. The molecule has 0 unspecified atom stereocenters. The van der Waals surface area contributed by atoms with Crippen LogP contribution in [0.3, 0.4) is 0 Å². The number of nitrogens with two attached hydrogens (primary N) is 1. The van der Waals surface area contributed by atoms with Gasteiger partial charge in [-0.15, -0.1) is 0 Å². The summed E-state index contributed by atoms with van der Waals surface area (Å²) in [6, 6.07) is 7.04. The summed E-state index contributed by atoms with van der Waals surface area (Å²) in [5, 5.41) is 9.48. The molecular weight excluding hydrogens is 276 g/mol. The van der Waals surface area contributed by atoms with Crippen LogP contribution in [0.5, 0.6) is 5.75 Å². The summed E-state index contributed by atoms with van der Waals surface area (Å²) < 4.78 is 2.00. The molecule has 0 atom stereocenters. The van der Waals surface area contributed by atoms with Crippen molar-refractivity contribution in [2.24, 2.45) is 0 Å². The second-order valence-corrected chi connectivity index (χ2v) is 5.51. The second-order valence-electron chi connectivity index (χ2n) is 5.51. The topological polar surface area (TPSA) is 77.0 Å². The lowest BCUT2D eigenvalue weighted by molar-refractivity contribution is 0.475. The number of hydrogen-bond donors (Lipinski definition) is 2. The molecule has 1 aromatic carbocycles. The molecule has 0 bridgehead atoms. The van der Waals surface area contributed by atoms with E-state index in [9.17, 15) is 5.11 Å². The third-order valence-electron chi connectivity index (χ3n) is 4.12. The van der Waals surface area contributed by atoms with Gasteiger partial charge in [-0.25, -0.2) is 9.97 Å². The molecule has 2 aromatic heterocycles. The lowest BCUT2D eigenvalue weighted by atomic mass is 10.1. The van der Waals surface area contributed by atoms with E-state index in [1.165, 1.54) is 18.3 Å². The molecule has 3 aromatic rings. The van der Waals surface area contributed by atoms with E-state index >= 15 is 0 Å². The van der Waals surface area contributed by atoms with E-state index < -0.39 is 0 Å². The Bertz CT molecular complexity index is 878. The summed E-state index contributed by atoms with van der Waals surface area (Å²) >= 11 is 0. The Balaban J connectivity index is 2.00. The average Bonchev–Trinajstić information content (AvgIpc) is 3.15. The van der Waals surface area contributed by atoms with Crippen LogP contribution in [0.15, 0.2) is 42.9 Å². The number of allylic oxidation sites excluding steroid dienone is 2. The van der Waals surface area contributed by atoms with Gasteiger partial charge in [0.25, 0.3) is 0 Å². The number of hydrogen-bond acceptors (Lipinski definition) is 4. The lowest BCUT2D eigenvalue weighted by Gasteiger charge is -2.06. The minimum atomic E-state index is 0.239. The van der Waals surface area contributed by atoms with Crippen LogP contribution in [0, 0.1) is 0 Å². The fourth-order valence-corrected chi connectivity index (χ4v) is 3.05. The first kappa shape index (κ1) is 12.9. The average molecular weight is 292 g/mol. The first-order valence-corrected chi connectivity index (χ1v) is 7.34. The van der Waals surface area contributed by atoms with Gasteiger partial charge < -0.3 is 15.4 Å². The van der Waals surface area contributed by atoms with E-state index in [1.54, 1.807) is 12.1 Å². The second kappa shape index (κ2) is 4.87. The summed E-state index contributed by atoms with van der Waals surface area (Å²) in [6.07, 6.45) is 9.22.